The number of carbonyl (C=O) groups excluding carboxylic acids is 1. The van der Waals surface area contributed by atoms with Crippen molar-refractivity contribution in [2.75, 3.05) is 31.1 Å². The zero-order chi connectivity index (χ0) is 21.0. The summed E-state index contributed by atoms with van der Waals surface area (Å²) >= 11 is 7.42. The van der Waals surface area contributed by atoms with Crippen molar-refractivity contribution in [2.24, 2.45) is 0 Å². The number of nitro groups is 1. The minimum absolute atomic E-state index is 0.0503. The SMILES string of the molecule is CCN(CC)CCN(C(=O)c1ccccc1[N+](=O)[O-])c1nc2ccc(Cl)cc2s1. The van der Waals surface area contributed by atoms with Crippen molar-refractivity contribution in [3.63, 3.8) is 0 Å². The summed E-state index contributed by atoms with van der Waals surface area (Å²) in [6.45, 7) is 6.81. The molecule has 1 amide bonds. The molecule has 0 saturated carbocycles. The maximum Gasteiger partial charge on any atom is 0.282 e. The van der Waals surface area contributed by atoms with E-state index in [1.807, 2.05) is 0 Å². The Bertz CT molecular complexity index is 1040. The average molecular weight is 433 g/mol. The number of nitrogens with zero attached hydrogens (tertiary/aromatic N) is 4. The lowest BCUT2D eigenvalue weighted by Crippen LogP contribution is -2.39. The number of para-hydroxylation sites is 1. The van der Waals surface area contributed by atoms with Gasteiger partial charge in [0.25, 0.3) is 11.6 Å². The van der Waals surface area contributed by atoms with Gasteiger partial charge >= 0.3 is 0 Å². The zero-order valence-electron chi connectivity index (χ0n) is 16.2. The van der Waals surface area contributed by atoms with Gasteiger partial charge in [-0.15, -0.1) is 0 Å². The number of nitro benzene ring substituents is 1. The summed E-state index contributed by atoms with van der Waals surface area (Å²) in [6.07, 6.45) is 0. The predicted octanol–water partition coefficient (Wildman–Crippen LogP) is 4.85. The largest absolute Gasteiger partial charge is 0.302 e. The lowest BCUT2D eigenvalue weighted by molar-refractivity contribution is -0.385. The average Bonchev–Trinajstić information content (AvgIpc) is 3.13. The summed E-state index contributed by atoms with van der Waals surface area (Å²) in [5.74, 6) is -0.436. The van der Waals surface area contributed by atoms with Crippen molar-refractivity contribution >= 4 is 49.9 Å². The Morgan fingerprint density at radius 2 is 1.90 bits per heavy atom. The first kappa shape index (κ1) is 21.2. The van der Waals surface area contributed by atoms with Gasteiger partial charge < -0.3 is 4.90 Å². The highest BCUT2D eigenvalue weighted by molar-refractivity contribution is 7.22. The van der Waals surface area contributed by atoms with Crippen LogP contribution in [-0.2, 0) is 0 Å². The second-order valence-electron chi connectivity index (χ2n) is 6.37. The Balaban J connectivity index is 2.02. The van der Waals surface area contributed by atoms with Crippen LogP contribution in [0, 0.1) is 10.1 Å². The van der Waals surface area contributed by atoms with Crippen molar-refractivity contribution in [1.82, 2.24) is 9.88 Å². The molecule has 3 rings (SSSR count). The molecule has 0 saturated heterocycles. The van der Waals surface area contributed by atoms with E-state index in [4.69, 9.17) is 11.6 Å². The molecule has 2 aromatic carbocycles. The Hall–Kier alpha value is -2.55. The van der Waals surface area contributed by atoms with Gasteiger partial charge in [0.2, 0.25) is 0 Å². The lowest BCUT2D eigenvalue weighted by Gasteiger charge is -2.24. The van der Waals surface area contributed by atoms with E-state index in [9.17, 15) is 14.9 Å². The summed E-state index contributed by atoms with van der Waals surface area (Å²) in [5.41, 5.74) is 0.571. The first-order valence-corrected chi connectivity index (χ1v) is 10.5. The van der Waals surface area contributed by atoms with Crippen LogP contribution in [0.25, 0.3) is 10.2 Å². The van der Waals surface area contributed by atoms with Gasteiger partial charge in [0.1, 0.15) is 5.56 Å². The number of thiazole rings is 1. The van der Waals surface area contributed by atoms with Crippen molar-refractivity contribution in [3.8, 4) is 0 Å². The normalized spacial score (nSPS) is 11.2. The second kappa shape index (κ2) is 9.30. The van der Waals surface area contributed by atoms with E-state index < -0.39 is 10.8 Å². The van der Waals surface area contributed by atoms with Crippen LogP contribution >= 0.6 is 22.9 Å². The highest BCUT2D eigenvalue weighted by Crippen LogP contribution is 2.32. The fourth-order valence-electron chi connectivity index (χ4n) is 3.03. The molecule has 152 valence electrons. The van der Waals surface area contributed by atoms with Gasteiger partial charge in [-0.2, -0.15) is 0 Å². The summed E-state index contributed by atoms with van der Waals surface area (Å²) in [6, 6.07) is 11.3. The van der Waals surface area contributed by atoms with E-state index >= 15 is 0 Å². The highest BCUT2D eigenvalue weighted by Gasteiger charge is 2.27. The van der Waals surface area contributed by atoms with Crippen molar-refractivity contribution < 1.29 is 9.72 Å². The third-order valence-corrected chi connectivity index (χ3v) is 5.96. The highest BCUT2D eigenvalue weighted by atomic mass is 35.5. The molecule has 3 aromatic rings. The van der Waals surface area contributed by atoms with Gasteiger partial charge in [-0.1, -0.05) is 48.9 Å². The van der Waals surface area contributed by atoms with E-state index in [-0.39, 0.29) is 11.3 Å². The van der Waals surface area contributed by atoms with E-state index in [1.165, 1.54) is 28.4 Å². The quantitative estimate of drug-likeness (QED) is 0.375. The predicted molar refractivity (Wildman–Crippen MR) is 117 cm³/mol. The van der Waals surface area contributed by atoms with E-state index in [0.717, 1.165) is 23.3 Å². The number of hydrogen-bond donors (Lipinski definition) is 0. The number of carbonyl (C=O) groups is 1. The van der Waals surface area contributed by atoms with Gasteiger partial charge in [0.15, 0.2) is 5.13 Å². The Morgan fingerprint density at radius 3 is 2.59 bits per heavy atom. The molecule has 0 radical (unpaired) electrons. The Labute approximate surface area is 177 Å². The number of fused-ring (bicyclic) bond motifs is 1. The van der Waals surface area contributed by atoms with Crippen LogP contribution in [0.15, 0.2) is 42.5 Å². The summed E-state index contributed by atoms with van der Waals surface area (Å²) in [7, 11) is 0. The van der Waals surface area contributed by atoms with E-state index in [1.54, 1.807) is 30.3 Å². The van der Waals surface area contributed by atoms with Crippen LogP contribution < -0.4 is 4.90 Å². The summed E-state index contributed by atoms with van der Waals surface area (Å²) in [4.78, 5) is 32.5. The molecule has 0 atom stereocenters. The van der Waals surface area contributed by atoms with Gasteiger partial charge in [-0.3, -0.25) is 19.8 Å². The third kappa shape index (κ3) is 4.72. The number of hydrogen-bond acceptors (Lipinski definition) is 6. The topological polar surface area (TPSA) is 79.6 Å². The molecular weight excluding hydrogens is 412 g/mol. The van der Waals surface area contributed by atoms with Crippen LogP contribution in [-0.4, -0.2) is 46.9 Å². The Morgan fingerprint density at radius 1 is 1.17 bits per heavy atom. The molecule has 29 heavy (non-hydrogen) atoms. The van der Waals surface area contributed by atoms with Crippen molar-refractivity contribution in [1.29, 1.82) is 0 Å². The summed E-state index contributed by atoms with van der Waals surface area (Å²) < 4.78 is 0.857. The maximum absolute atomic E-state index is 13.3. The molecule has 1 aromatic heterocycles. The van der Waals surface area contributed by atoms with Crippen LogP contribution in [0.4, 0.5) is 10.8 Å². The van der Waals surface area contributed by atoms with Gasteiger partial charge in [-0.05, 0) is 37.4 Å². The molecular formula is C20H21ClN4O3S. The fraction of sp³-hybridized carbons (Fsp3) is 0.300. The Kier molecular flexibility index (Phi) is 6.79. The van der Waals surface area contributed by atoms with Gasteiger partial charge in [0.05, 0.1) is 15.1 Å². The zero-order valence-corrected chi connectivity index (χ0v) is 17.7. The fourth-order valence-corrected chi connectivity index (χ4v) is 4.29. The number of amides is 1. The minimum atomic E-state index is -0.534. The molecule has 9 heteroatoms. The summed E-state index contributed by atoms with van der Waals surface area (Å²) in [5, 5.41) is 12.5. The van der Waals surface area contributed by atoms with Crippen LogP contribution in [0.2, 0.25) is 5.02 Å². The van der Waals surface area contributed by atoms with E-state index in [2.05, 4.69) is 23.7 Å². The first-order chi connectivity index (χ1) is 13.9. The number of rotatable bonds is 8. The molecule has 7 nitrogen and oxygen atoms in total. The number of benzene rings is 2. The van der Waals surface area contributed by atoms with Crippen molar-refractivity contribution in [3.05, 3.63) is 63.2 Å². The number of halogens is 1. The number of likely N-dealkylation sites (N-methyl/N-ethyl adjacent to an activating group) is 1. The molecule has 0 bridgehead atoms. The second-order valence-corrected chi connectivity index (χ2v) is 7.81. The monoisotopic (exact) mass is 432 g/mol. The molecule has 0 unspecified atom stereocenters. The van der Waals surface area contributed by atoms with Crippen molar-refractivity contribution in [2.45, 2.75) is 13.8 Å². The third-order valence-electron chi connectivity index (χ3n) is 4.68. The van der Waals surface area contributed by atoms with Crippen LogP contribution in [0.3, 0.4) is 0 Å². The standard InChI is InChI=1S/C20H21ClN4O3S/c1-3-23(4-2)11-12-24(19(26)15-7-5-6-8-17(15)25(27)28)20-22-16-10-9-14(21)13-18(16)29-20/h5-10,13H,3-4,11-12H2,1-2H3. The van der Waals surface area contributed by atoms with Gasteiger partial charge in [0, 0.05) is 24.2 Å². The molecule has 0 spiro atoms. The maximum atomic E-state index is 13.3. The number of anilines is 1. The molecule has 0 aliphatic rings. The number of aromatic nitrogens is 1. The van der Waals surface area contributed by atoms with Crippen LogP contribution in [0.1, 0.15) is 24.2 Å². The first-order valence-electron chi connectivity index (χ1n) is 9.28. The minimum Gasteiger partial charge on any atom is -0.302 e. The molecule has 0 N–H and O–H groups in total. The smallest absolute Gasteiger partial charge is 0.282 e. The molecule has 1 heterocycles. The van der Waals surface area contributed by atoms with Gasteiger partial charge in [-0.25, -0.2) is 4.98 Å². The molecule has 0 aliphatic carbocycles. The van der Waals surface area contributed by atoms with E-state index in [0.29, 0.717) is 23.2 Å². The molecule has 0 aliphatic heterocycles. The molecule has 0 fully saturated rings. The van der Waals surface area contributed by atoms with Crippen LogP contribution in [0.5, 0.6) is 0 Å². The lowest BCUT2D eigenvalue weighted by atomic mass is 10.1.